The van der Waals surface area contributed by atoms with Crippen molar-refractivity contribution in [3.05, 3.63) is 182 Å². The Balaban J connectivity index is 1.43. The summed E-state index contributed by atoms with van der Waals surface area (Å²) in [5.41, 5.74) is 12.2. The van der Waals surface area contributed by atoms with Crippen LogP contribution in [0.1, 0.15) is 0 Å². The van der Waals surface area contributed by atoms with Gasteiger partial charge in [0, 0.05) is 33.2 Å². The maximum absolute atomic E-state index is 4.87. The van der Waals surface area contributed by atoms with E-state index in [2.05, 4.69) is 149 Å². The smallest absolute Gasteiger partial charge is 0.159 e. The number of aromatic nitrogens is 4. The SMILES string of the molecule is c1ccc(-c2ncc(-n3c(-c4ccccc4)c(-c4c(-c5ccccc5)n(-c5ccccc5)c5ccccc45)c4ccccc43)cn2)cc1. The molecule has 0 radical (unpaired) electrons. The molecule has 9 aromatic rings. The molecule has 3 aromatic heterocycles. The van der Waals surface area contributed by atoms with Gasteiger partial charge < -0.3 is 9.13 Å². The zero-order valence-corrected chi connectivity index (χ0v) is 26.1. The molecule has 0 saturated carbocycles. The third kappa shape index (κ3) is 4.54. The van der Waals surface area contributed by atoms with Gasteiger partial charge in [0.25, 0.3) is 0 Å². The van der Waals surface area contributed by atoms with E-state index in [0.717, 1.165) is 55.9 Å². The van der Waals surface area contributed by atoms with Crippen LogP contribution in [0.2, 0.25) is 0 Å². The summed E-state index contributed by atoms with van der Waals surface area (Å²) in [7, 11) is 0. The van der Waals surface area contributed by atoms with Crippen molar-refractivity contribution in [3.8, 4) is 56.4 Å². The molecule has 0 fully saturated rings. The molecule has 0 aliphatic carbocycles. The van der Waals surface area contributed by atoms with E-state index in [1.807, 2.05) is 42.7 Å². The van der Waals surface area contributed by atoms with Gasteiger partial charge in [-0.1, -0.05) is 146 Å². The molecule has 0 saturated heterocycles. The average molecular weight is 615 g/mol. The summed E-state index contributed by atoms with van der Waals surface area (Å²) in [6.45, 7) is 0. The summed E-state index contributed by atoms with van der Waals surface area (Å²) in [4.78, 5) is 9.74. The monoisotopic (exact) mass is 614 g/mol. The maximum Gasteiger partial charge on any atom is 0.159 e. The molecule has 0 atom stereocenters. The highest BCUT2D eigenvalue weighted by Gasteiger charge is 2.28. The molecule has 0 spiro atoms. The Morgan fingerprint density at radius 1 is 0.333 bits per heavy atom. The number of fused-ring (bicyclic) bond motifs is 2. The Morgan fingerprint density at radius 2 is 0.708 bits per heavy atom. The van der Waals surface area contributed by atoms with Crippen molar-refractivity contribution in [2.45, 2.75) is 0 Å². The lowest BCUT2D eigenvalue weighted by atomic mass is 9.93. The zero-order valence-electron chi connectivity index (χ0n) is 26.1. The Hall–Kier alpha value is -6.52. The Labute approximate surface area is 278 Å². The van der Waals surface area contributed by atoms with Crippen molar-refractivity contribution >= 4 is 21.8 Å². The van der Waals surface area contributed by atoms with Gasteiger partial charge >= 0.3 is 0 Å². The first kappa shape index (κ1) is 27.8. The second-order valence-corrected chi connectivity index (χ2v) is 11.9. The molecule has 0 unspecified atom stereocenters. The first-order valence-corrected chi connectivity index (χ1v) is 16.2. The number of nitrogens with zero attached hydrogens (tertiary/aromatic N) is 4. The minimum atomic E-state index is 0.703. The first-order valence-electron chi connectivity index (χ1n) is 16.2. The molecule has 9 rings (SSSR count). The predicted octanol–water partition coefficient (Wildman–Crippen LogP) is 11.0. The average Bonchev–Trinajstić information content (AvgIpc) is 3.69. The van der Waals surface area contributed by atoms with Crippen LogP contribution in [-0.2, 0) is 0 Å². The van der Waals surface area contributed by atoms with Crippen molar-refractivity contribution < 1.29 is 0 Å². The second-order valence-electron chi connectivity index (χ2n) is 11.9. The quantitative estimate of drug-likeness (QED) is 0.187. The van der Waals surface area contributed by atoms with Crippen LogP contribution in [0.25, 0.3) is 78.2 Å². The molecule has 0 aliphatic rings. The van der Waals surface area contributed by atoms with E-state index in [4.69, 9.17) is 9.97 Å². The third-order valence-electron chi connectivity index (χ3n) is 9.04. The molecule has 0 aliphatic heterocycles. The highest BCUT2D eigenvalue weighted by atomic mass is 15.0. The standard InChI is InChI=1S/C44H30N4/c1-5-17-31(18-6-1)42-40(36-25-13-15-27-38(36)47(42)34-23-11-4-12-24-34)41-37-26-14-16-28-39(37)48(43(41)32-19-7-2-8-20-32)35-29-45-44(46-30-35)33-21-9-3-10-22-33/h1-30H. The van der Waals surface area contributed by atoms with E-state index in [9.17, 15) is 0 Å². The highest BCUT2D eigenvalue weighted by molar-refractivity contribution is 6.16. The van der Waals surface area contributed by atoms with E-state index >= 15 is 0 Å². The lowest BCUT2D eigenvalue weighted by Crippen LogP contribution is -2.01. The zero-order chi connectivity index (χ0) is 31.9. The van der Waals surface area contributed by atoms with E-state index in [-0.39, 0.29) is 0 Å². The Kier molecular flexibility index (Phi) is 6.76. The van der Waals surface area contributed by atoms with Gasteiger partial charge in [0.15, 0.2) is 5.82 Å². The number of benzene rings is 6. The van der Waals surface area contributed by atoms with Gasteiger partial charge in [0.1, 0.15) is 0 Å². The highest BCUT2D eigenvalue weighted by Crippen LogP contribution is 2.50. The Bertz CT molecular complexity index is 2510. The first-order chi connectivity index (χ1) is 23.9. The summed E-state index contributed by atoms with van der Waals surface area (Å²) >= 11 is 0. The molecule has 4 heteroatoms. The molecule has 0 amide bonds. The number of hydrogen-bond acceptors (Lipinski definition) is 2. The lowest BCUT2D eigenvalue weighted by Gasteiger charge is -2.16. The van der Waals surface area contributed by atoms with Gasteiger partial charge in [-0.25, -0.2) is 9.97 Å². The summed E-state index contributed by atoms with van der Waals surface area (Å²) in [6, 6.07) is 59.7. The summed E-state index contributed by atoms with van der Waals surface area (Å²) in [6.07, 6.45) is 3.90. The largest absolute Gasteiger partial charge is 0.309 e. The molecule has 3 heterocycles. The fraction of sp³-hybridized carbons (Fsp3) is 0. The van der Waals surface area contributed by atoms with Crippen LogP contribution in [0.4, 0.5) is 0 Å². The van der Waals surface area contributed by atoms with Crippen LogP contribution in [0.3, 0.4) is 0 Å². The van der Waals surface area contributed by atoms with E-state index in [1.54, 1.807) is 0 Å². The molecule has 6 aromatic carbocycles. The van der Waals surface area contributed by atoms with Crippen molar-refractivity contribution in [2.24, 2.45) is 0 Å². The number of rotatable bonds is 6. The van der Waals surface area contributed by atoms with Crippen LogP contribution >= 0.6 is 0 Å². The molecular weight excluding hydrogens is 585 g/mol. The van der Waals surface area contributed by atoms with Crippen molar-refractivity contribution in [1.82, 2.24) is 19.1 Å². The fourth-order valence-corrected chi connectivity index (χ4v) is 7.01. The second kappa shape index (κ2) is 11.7. The van der Waals surface area contributed by atoms with Crippen LogP contribution in [0, 0.1) is 0 Å². The number of para-hydroxylation sites is 3. The van der Waals surface area contributed by atoms with Gasteiger partial charge in [-0.15, -0.1) is 0 Å². The van der Waals surface area contributed by atoms with Gasteiger partial charge in [-0.3, -0.25) is 0 Å². The predicted molar refractivity (Wildman–Crippen MR) is 197 cm³/mol. The van der Waals surface area contributed by atoms with Crippen LogP contribution < -0.4 is 0 Å². The topological polar surface area (TPSA) is 35.6 Å². The minimum absolute atomic E-state index is 0.703. The van der Waals surface area contributed by atoms with E-state index in [0.29, 0.717) is 5.82 Å². The van der Waals surface area contributed by atoms with Gasteiger partial charge in [0.05, 0.1) is 40.5 Å². The maximum atomic E-state index is 4.87. The molecule has 48 heavy (non-hydrogen) atoms. The number of hydrogen-bond donors (Lipinski definition) is 0. The molecule has 226 valence electrons. The minimum Gasteiger partial charge on any atom is -0.309 e. The van der Waals surface area contributed by atoms with Gasteiger partial charge in [-0.05, 0) is 35.4 Å². The van der Waals surface area contributed by atoms with Crippen LogP contribution in [-0.4, -0.2) is 19.1 Å². The van der Waals surface area contributed by atoms with E-state index in [1.165, 1.54) is 16.5 Å². The Morgan fingerprint density at radius 3 is 1.19 bits per heavy atom. The summed E-state index contributed by atoms with van der Waals surface area (Å²) < 4.78 is 4.75. The molecule has 4 nitrogen and oxygen atoms in total. The van der Waals surface area contributed by atoms with E-state index < -0.39 is 0 Å². The molecule has 0 bridgehead atoms. The lowest BCUT2D eigenvalue weighted by molar-refractivity contribution is 1.06. The third-order valence-corrected chi connectivity index (χ3v) is 9.04. The van der Waals surface area contributed by atoms with Crippen LogP contribution in [0.15, 0.2) is 182 Å². The van der Waals surface area contributed by atoms with Crippen LogP contribution in [0.5, 0.6) is 0 Å². The summed E-state index contributed by atoms with van der Waals surface area (Å²) in [5.74, 6) is 0.703. The van der Waals surface area contributed by atoms with Crippen molar-refractivity contribution in [1.29, 1.82) is 0 Å². The summed E-state index contributed by atoms with van der Waals surface area (Å²) in [5, 5.41) is 2.35. The van der Waals surface area contributed by atoms with Gasteiger partial charge in [0.2, 0.25) is 0 Å². The van der Waals surface area contributed by atoms with Crippen molar-refractivity contribution in [2.75, 3.05) is 0 Å². The fourth-order valence-electron chi connectivity index (χ4n) is 7.01. The van der Waals surface area contributed by atoms with Crippen molar-refractivity contribution in [3.63, 3.8) is 0 Å². The normalized spacial score (nSPS) is 11.3. The van der Waals surface area contributed by atoms with Gasteiger partial charge in [-0.2, -0.15) is 0 Å². The molecular formula is C44H30N4. The molecule has 0 N–H and O–H groups in total.